The molecule has 0 aliphatic heterocycles. The Hall–Kier alpha value is -3.35. The van der Waals surface area contributed by atoms with Crippen LogP contribution in [0, 0.1) is 0 Å². The summed E-state index contributed by atoms with van der Waals surface area (Å²) in [5.41, 5.74) is 6.66. The van der Waals surface area contributed by atoms with Crippen molar-refractivity contribution in [1.29, 1.82) is 0 Å². The molecule has 5 N–H and O–H groups in total. The van der Waals surface area contributed by atoms with E-state index in [0.717, 1.165) is 0 Å². The summed E-state index contributed by atoms with van der Waals surface area (Å²) in [7, 11) is 0. The Morgan fingerprint density at radius 2 is 1.62 bits per heavy atom. The lowest BCUT2D eigenvalue weighted by molar-refractivity contribution is -0.120. The third-order valence-corrected chi connectivity index (χ3v) is 3.18. The number of hydrogen-bond donors (Lipinski definition) is 4. The molecule has 0 aromatic heterocycles. The molecule has 24 heavy (non-hydrogen) atoms. The molecule has 124 valence electrons. The van der Waals surface area contributed by atoms with Crippen molar-refractivity contribution in [2.45, 2.75) is 13.0 Å². The second-order valence-corrected chi connectivity index (χ2v) is 5.12. The highest BCUT2D eigenvalue weighted by molar-refractivity contribution is 6.04. The number of amides is 4. The Kier molecular flexibility index (Phi) is 5.51. The molecule has 7 heteroatoms. The zero-order chi connectivity index (χ0) is 17.5. The van der Waals surface area contributed by atoms with Gasteiger partial charge in [-0.1, -0.05) is 24.3 Å². The lowest BCUT2D eigenvalue weighted by Gasteiger charge is -2.15. The van der Waals surface area contributed by atoms with Crippen molar-refractivity contribution >= 4 is 29.2 Å². The largest absolute Gasteiger partial charge is 0.374 e. The molecule has 0 aliphatic carbocycles. The van der Waals surface area contributed by atoms with Crippen LogP contribution in [0.5, 0.6) is 0 Å². The highest BCUT2D eigenvalue weighted by Crippen LogP contribution is 2.17. The molecule has 0 unspecified atom stereocenters. The van der Waals surface area contributed by atoms with Crippen LogP contribution in [0.3, 0.4) is 0 Å². The number of urea groups is 1. The molecule has 7 nitrogen and oxygen atoms in total. The molecular formula is C17H18N4O3. The average Bonchev–Trinajstić information content (AvgIpc) is 2.55. The Morgan fingerprint density at radius 3 is 2.29 bits per heavy atom. The van der Waals surface area contributed by atoms with Crippen molar-refractivity contribution in [2.75, 3.05) is 10.6 Å². The Balaban J connectivity index is 2.02. The van der Waals surface area contributed by atoms with Gasteiger partial charge in [0, 0.05) is 16.9 Å². The maximum absolute atomic E-state index is 12.1. The van der Waals surface area contributed by atoms with Crippen molar-refractivity contribution in [3.8, 4) is 0 Å². The first-order valence-electron chi connectivity index (χ1n) is 7.29. The van der Waals surface area contributed by atoms with E-state index in [0.29, 0.717) is 16.9 Å². The van der Waals surface area contributed by atoms with E-state index >= 15 is 0 Å². The average molecular weight is 326 g/mol. The van der Waals surface area contributed by atoms with Crippen LogP contribution in [-0.4, -0.2) is 23.9 Å². The number of hydrogen-bond acceptors (Lipinski definition) is 4. The van der Waals surface area contributed by atoms with E-state index in [1.807, 2.05) is 11.4 Å². The van der Waals surface area contributed by atoms with E-state index in [-0.39, 0.29) is 5.91 Å². The lowest BCUT2D eigenvalue weighted by Crippen LogP contribution is -2.43. The van der Waals surface area contributed by atoms with Gasteiger partial charge in [-0.15, -0.1) is 0 Å². The van der Waals surface area contributed by atoms with Crippen molar-refractivity contribution in [3.05, 3.63) is 60.2 Å². The third kappa shape index (κ3) is 4.84. The van der Waals surface area contributed by atoms with Crippen molar-refractivity contribution in [2.24, 2.45) is 5.73 Å². The summed E-state index contributed by atoms with van der Waals surface area (Å²) in [5, 5.41) is 7.71. The number of anilines is 2. The summed E-state index contributed by atoms with van der Waals surface area (Å²) in [6.07, 6.45) is 0. The third-order valence-electron chi connectivity index (χ3n) is 3.18. The maximum Gasteiger partial charge on any atom is 0.318 e. The molecule has 4 amide bonds. The number of carbonyl (C=O) groups is 3. The zero-order valence-electron chi connectivity index (χ0n) is 13.1. The summed E-state index contributed by atoms with van der Waals surface area (Å²) in [6, 6.07) is 14.2. The summed E-state index contributed by atoms with van der Waals surface area (Å²) in [4.78, 5) is 34.5. The van der Waals surface area contributed by atoms with Crippen LogP contribution in [0.15, 0.2) is 54.6 Å². The van der Waals surface area contributed by atoms with Crippen molar-refractivity contribution in [1.82, 2.24) is 5.32 Å². The first-order chi connectivity index (χ1) is 11.5. The van der Waals surface area contributed by atoms with Gasteiger partial charge in [-0.25, -0.2) is 4.79 Å². The fourth-order valence-corrected chi connectivity index (χ4v) is 2.02. The van der Waals surface area contributed by atoms with Gasteiger partial charge in [-0.05, 0) is 37.3 Å². The Bertz CT molecular complexity index is 747. The molecule has 2 rings (SSSR count). The number of carbonyl (C=O) groups excluding carboxylic acids is 3. The molecule has 0 aliphatic rings. The van der Waals surface area contributed by atoms with Gasteiger partial charge in [0.1, 0.15) is 6.04 Å². The van der Waals surface area contributed by atoms with Crippen LogP contribution in [0.4, 0.5) is 16.2 Å². The van der Waals surface area contributed by atoms with E-state index in [1.54, 1.807) is 55.5 Å². The van der Waals surface area contributed by atoms with E-state index in [1.165, 1.54) is 0 Å². The van der Waals surface area contributed by atoms with Crippen molar-refractivity contribution in [3.63, 3.8) is 0 Å². The monoisotopic (exact) mass is 326 g/mol. The zero-order valence-corrected chi connectivity index (χ0v) is 13.1. The smallest absolute Gasteiger partial charge is 0.318 e. The minimum Gasteiger partial charge on any atom is -0.374 e. The van der Waals surface area contributed by atoms with Crippen LogP contribution >= 0.6 is 0 Å². The minimum absolute atomic E-state index is 0.229. The van der Waals surface area contributed by atoms with Gasteiger partial charge in [0.2, 0.25) is 5.91 Å². The molecule has 0 radical (unpaired) electrons. The van der Waals surface area contributed by atoms with Gasteiger partial charge in [0.05, 0.1) is 0 Å². The molecule has 2 aromatic carbocycles. The number of benzene rings is 2. The number of primary amides is 1. The minimum atomic E-state index is -0.905. The molecule has 0 saturated carbocycles. The summed E-state index contributed by atoms with van der Waals surface area (Å²) < 4.78 is 0. The first-order valence-corrected chi connectivity index (χ1v) is 7.29. The number of rotatable bonds is 5. The first kappa shape index (κ1) is 17.0. The molecule has 0 bridgehead atoms. The van der Waals surface area contributed by atoms with Gasteiger partial charge in [-0.2, -0.15) is 0 Å². The van der Waals surface area contributed by atoms with Crippen LogP contribution in [-0.2, 0) is 4.79 Å². The van der Waals surface area contributed by atoms with Gasteiger partial charge in [0.25, 0.3) is 5.91 Å². The molecular weight excluding hydrogens is 308 g/mol. The molecule has 0 spiro atoms. The lowest BCUT2D eigenvalue weighted by atomic mass is 10.2. The Labute approximate surface area is 139 Å². The van der Waals surface area contributed by atoms with Crippen LogP contribution in [0.1, 0.15) is 17.3 Å². The van der Waals surface area contributed by atoms with E-state index < -0.39 is 18.0 Å². The summed E-state index contributed by atoms with van der Waals surface area (Å²) in [6.45, 7) is 1.59. The normalized spacial score (nSPS) is 11.2. The number of nitrogens with two attached hydrogens (primary N) is 1. The predicted molar refractivity (Wildman–Crippen MR) is 91.6 cm³/mol. The predicted octanol–water partition coefficient (Wildman–Crippen LogP) is 1.93. The molecule has 0 fully saturated rings. The fraction of sp³-hybridized carbons (Fsp3) is 0.118. The second kappa shape index (κ2) is 7.77. The van der Waals surface area contributed by atoms with Crippen molar-refractivity contribution < 1.29 is 14.4 Å². The highest BCUT2D eigenvalue weighted by Gasteiger charge is 2.14. The topological polar surface area (TPSA) is 113 Å². The molecule has 1 atom stereocenters. The van der Waals surface area contributed by atoms with E-state index in [2.05, 4.69) is 10.6 Å². The standard InChI is InChI=1S/C17H18N4O3/c1-11(15(22)21-17(18)24)19-13-8-5-9-14(10-13)20-16(23)12-6-3-2-4-7-12/h2-11,19H,1H3,(H,20,23)(H3,18,21,22,24)/t11-/m1/s1. The number of nitrogens with one attached hydrogen (secondary N) is 3. The van der Waals surface area contributed by atoms with E-state index in [4.69, 9.17) is 5.73 Å². The van der Waals surface area contributed by atoms with Gasteiger partial charge >= 0.3 is 6.03 Å². The maximum atomic E-state index is 12.1. The summed E-state index contributed by atoms with van der Waals surface area (Å²) in [5.74, 6) is -0.770. The van der Waals surface area contributed by atoms with Crippen LogP contribution in [0.2, 0.25) is 0 Å². The fourth-order valence-electron chi connectivity index (χ4n) is 2.02. The van der Waals surface area contributed by atoms with Crippen LogP contribution in [0.25, 0.3) is 0 Å². The SMILES string of the molecule is C[C@@H](Nc1cccc(NC(=O)c2ccccc2)c1)C(=O)NC(N)=O. The summed E-state index contributed by atoms with van der Waals surface area (Å²) >= 11 is 0. The molecule has 0 heterocycles. The van der Waals surface area contributed by atoms with Gasteiger partial charge in [0.15, 0.2) is 0 Å². The Morgan fingerprint density at radius 1 is 0.958 bits per heavy atom. The highest BCUT2D eigenvalue weighted by atomic mass is 16.2. The quantitative estimate of drug-likeness (QED) is 0.672. The van der Waals surface area contributed by atoms with Crippen LogP contribution < -0.4 is 21.7 Å². The van der Waals surface area contributed by atoms with Gasteiger partial charge < -0.3 is 16.4 Å². The molecule has 0 saturated heterocycles. The number of imide groups is 1. The van der Waals surface area contributed by atoms with E-state index in [9.17, 15) is 14.4 Å². The second-order valence-electron chi connectivity index (χ2n) is 5.12. The molecule has 2 aromatic rings. The van der Waals surface area contributed by atoms with Gasteiger partial charge in [-0.3, -0.25) is 14.9 Å².